The molecular formula is C21H23N3O2S. The van der Waals surface area contributed by atoms with Gasteiger partial charge < -0.3 is 10.1 Å². The van der Waals surface area contributed by atoms with Crippen molar-refractivity contribution in [1.29, 1.82) is 0 Å². The maximum Gasteiger partial charge on any atom is 0.250 e. The number of rotatable bonds is 5. The van der Waals surface area contributed by atoms with E-state index in [-0.39, 0.29) is 11.0 Å². The molecule has 6 heteroatoms. The normalized spacial score (nSPS) is 14.8. The standard InChI is InChI=1S/C21H23N3O2S/c25-20(11-8-17-4-2-1-3-5-17)23-21(27)22-19-9-6-18(7-10-19)16-24-12-14-26-15-13-24/h1-11H,12-16H2,(H2,22,23,25,27)/b11-8+. The van der Waals surface area contributed by atoms with Crippen molar-refractivity contribution in [2.45, 2.75) is 6.54 Å². The van der Waals surface area contributed by atoms with Crippen LogP contribution < -0.4 is 10.6 Å². The van der Waals surface area contributed by atoms with E-state index in [4.69, 9.17) is 17.0 Å². The van der Waals surface area contributed by atoms with Crippen molar-refractivity contribution in [3.63, 3.8) is 0 Å². The number of nitrogens with zero attached hydrogens (tertiary/aromatic N) is 1. The van der Waals surface area contributed by atoms with E-state index in [0.717, 1.165) is 44.1 Å². The maximum absolute atomic E-state index is 12.0. The predicted molar refractivity (Wildman–Crippen MR) is 112 cm³/mol. The Labute approximate surface area is 165 Å². The van der Waals surface area contributed by atoms with Crippen LogP contribution in [0.25, 0.3) is 6.08 Å². The number of anilines is 1. The molecule has 0 bridgehead atoms. The van der Waals surface area contributed by atoms with Crippen molar-refractivity contribution in [2.75, 3.05) is 31.6 Å². The first-order valence-corrected chi connectivity index (χ1v) is 9.34. The van der Waals surface area contributed by atoms with Crippen molar-refractivity contribution in [2.24, 2.45) is 0 Å². The highest BCUT2D eigenvalue weighted by Crippen LogP contribution is 2.12. The molecule has 1 saturated heterocycles. The fourth-order valence-electron chi connectivity index (χ4n) is 2.76. The first-order valence-electron chi connectivity index (χ1n) is 8.93. The van der Waals surface area contributed by atoms with Gasteiger partial charge >= 0.3 is 0 Å². The number of hydrogen-bond acceptors (Lipinski definition) is 4. The SMILES string of the molecule is O=C(/C=C/c1ccccc1)NC(=S)Nc1ccc(CN2CCOCC2)cc1. The lowest BCUT2D eigenvalue weighted by Gasteiger charge is -2.26. The lowest BCUT2D eigenvalue weighted by Crippen LogP contribution is -2.35. The van der Waals surface area contributed by atoms with Gasteiger partial charge in [0.05, 0.1) is 13.2 Å². The summed E-state index contributed by atoms with van der Waals surface area (Å²) in [5.41, 5.74) is 3.05. The van der Waals surface area contributed by atoms with Gasteiger partial charge in [0.2, 0.25) is 5.91 Å². The Balaban J connectivity index is 1.45. The molecule has 1 fully saturated rings. The fourth-order valence-corrected chi connectivity index (χ4v) is 2.98. The Bertz CT molecular complexity index is 785. The monoisotopic (exact) mass is 381 g/mol. The van der Waals surface area contributed by atoms with Crippen LogP contribution in [0, 0.1) is 0 Å². The summed E-state index contributed by atoms with van der Waals surface area (Å²) >= 11 is 5.21. The van der Waals surface area contributed by atoms with Crippen LogP contribution in [0.4, 0.5) is 5.69 Å². The Morgan fingerprint density at radius 1 is 1.07 bits per heavy atom. The number of hydrogen-bond donors (Lipinski definition) is 2. The highest BCUT2D eigenvalue weighted by Gasteiger charge is 2.10. The van der Waals surface area contributed by atoms with Gasteiger partial charge in [0.25, 0.3) is 0 Å². The second kappa shape index (κ2) is 9.97. The second-order valence-corrected chi connectivity index (χ2v) is 6.68. The van der Waals surface area contributed by atoms with Crippen LogP contribution in [0.5, 0.6) is 0 Å². The van der Waals surface area contributed by atoms with Gasteiger partial charge in [-0.05, 0) is 41.6 Å². The summed E-state index contributed by atoms with van der Waals surface area (Å²) in [7, 11) is 0. The highest BCUT2D eigenvalue weighted by atomic mass is 32.1. The molecular weight excluding hydrogens is 358 g/mol. The van der Waals surface area contributed by atoms with Gasteiger partial charge in [-0.2, -0.15) is 0 Å². The summed E-state index contributed by atoms with van der Waals surface area (Å²) < 4.78 is 5.37. The molecule has 3 rings (SSSR count). The number of carbonyl (C=O) groups excluding carboxylic acids is 1. The predicted octanol–water partition coefficient (Wildman–Crippen LogP) is 3.05. The number of amides is 1. The Morgan fingerprint density at radius 2 is 1.78 bits per heavy atom. The summed E-state index contributed by atoms with van der Waals surface area (Å²) in [5, 5.41) is 5.96. The van der Waals surface area contributed by atoms with Gasteiger partial charge in [-0.3, -0.25) is 15.0 Å². The largest absolute Gasteiger partial charge is 0.379 e. The number of ether oxygens (including phenoxy) is 1. The summed E-state index contributed by atoms with van der Waals surface area (Å²) in [4.78, 5) is 14.3. The van der Waals surface area contributed by atoms with E-state index in [1.54, 1.807) is 6.08 Å². The Kier molecular flexibility index (Phi) is 7.10. The van der Waals surface area contributed by atoms with Crippen molar-refractivity contribution < 1.29 is 9.53 Å². The minimum atomic E-state index is -0.264. The minimum Gasteiger partial charge on any atom is -0.379 e. The molecule has 0 aromatic heterocycles. The Morgan fingerprint density at radius 3 is 2.48 bits per heavy atom. The average molecular weight is 382 g/mol. The van der Waals surface area contributed by atoms with Crippen LogP contribution in [0.2, 0.25) is 0 Å². The number of thiocarbonyl (C=S) groups is 1. The molecule has 5 nitrogen and oxygen atoms in total. The quantitative estimate of drug-likeness (QED) is 0.616. The second-order valence-electron chi connectivity index (χ2n) is 6.27. The molecule has 0 aliphatic carbocycles. The van der Waals surface area contributed by atoms with Crippen LogP contribution in [0.3, 0.4) is 0 Å². The summed E-state index contributed by atoms with van der Waals surface area (Å²) in [6.45, 7) is 4.44. The van der Waals surface area contributed by atoms with E-state index in [1.165, 1.54) is 11.6 Å². The lowest BCUT2D eigenvalue weighted by molar-refractivity contribution is -0.115. The molecule has 2 N–H and O–H groups in total. The van der Waals surface area contributed by atoms with Gasteiger partial charge in [0, 0.05) is 31.4 Å². The third kappa shape index (κ3) is 6.60. The molecule has 1 aliphatic heterocycles. The molecule has 0 atom stereocenters. The first kappa shape index (κ1) is 19.2. The van der Waals surface area contributed by atoms with Crippen molar-refractivity contribution in [3.05, 3.63) is 71.8 Å². The van der Waals surface area contributed by atoms with Crippen LogP contribution >= 0.6 is 12.2 Å². The molecule has 1 heterocycles. The molecule has 1 amide bonds. The first-order chi connectivity index (χ1) is 13.2. The summed E-state index contributed by atoms with van der Waals surface area (Å²) in [5.74, 6) is -0.264. The topological polar surface area (TPSA) is 53.6 Å². The number of benzene rings is 2. The van der Waals surface area contributed by atoms with Gasteiger partial charge in [0.15, 0.2) is 5.11 Å². The number of nitrogens with one attached hydrogen (secondary N) is 2. The average Bonchev–Trinajstić information content (AvgIpc) is 2.69. The molecule has 0 saturated carbocycles. The number of morpholine rings is 1. The van der Waals surface area contributed by atoms with Gasteiger partial charge in [-0.15, -0.1) is 0 Å². The molecule has 0 spiro atoms. The van der Waals surface area contributed by atoms with E-state index in [0.29, 0.717) is 0 Å². The van der Waals surface area contributed by atoms with Gasteiger partial charge in [-0.25, -0.2) is 0 Å². The summed E-state index contributed by atoms with van der Waals surface area (Å²) in [6.07, 6.45) is 3.22. The van der Waals surface area contributed by atoms with Crippen LogP contribution in [-0.4, -0.2) is 42.2 Å². The zero-order chi connectivity index (χ0) is 18.9. The van der Waals surface area contributed by atoms with E-state index in [2.05, 4.69) is 27.7 Å². The van der Waals surface area contributed by atoms with Crippen LogP contribution in [-0.2, 0) is 16.1 Å². The van der Waals surface area contributed by atoms with E-state index >= 15 is 0 Å². The number of carbonyl (C=O) groups is 1. The molecule has 2 aromatic rings. The molecule has 0 radical (unpaired) electrons. The zero-order valence-corrected chi connectivity index (χ0v) is 15.9. The zero-order valence-electron chi connectivity index (χ0n) is 15.1. The van der Waals surface area contributed by atoms with Crippen molar-refractivity contribution >= 4 is 35.0 Å². The van der Waals surface area contributed by atoms with E-state index < -0.39 is 0 Å². The van der Waals surface area contributed by atoms with Gasteiger partial charge in [0.1, 0.15) is 0 Å². The molecule has 140 valence electrons. The lowest BCUT2D eigenvalue weighted by atomic mass is 10.2. The van der Waals surface area contributed by atoms with Crippen LogP contribution in [0.15, 0.2) is 60.7 Å². The third-order valence-electron chi connectivity index (χ3n) is 4.19. The fraction of sp³-hybridized carbons (Fsp3) is 0.238. The van der Waals surface area contributed by atoms with E-state index in [9.17, 15) is 4.79 Å². The van der Waals surface area contributed by atoms with Crippen LogP contribution in [0.1, 0.15) is 11.1 Å². The molecule has 0 unspecified atom stereocenters. The highest BCUT2D eigenvalue weighted by molar-refractivity contribution is 7.80. The van der Waals surface area contributed by atoms with Gasteiger partial charge in [-0.1, -0.05) is 42.5 Å². The van der Waals surface area contributed by atoms with Crippen molar-refractivity contribution in [3.8, 4) is 0 Å². The maximum atomic E-state index is 12.0. The van der Waals surface area contributed by atoms with Crippen molar-refractivity contribution in [1.82, 2.24) is 10.2 Å². The third-order valence-corrected chi connectivity index (χ3v) is 4.39. The minimum absolute atomic E-state index is 0.264. The smallest absolute Gasteiger partial charge is 0.250 e. The summed E-state index contributed by atoms with van der Waals surface area (Å²) in [6, 6.07) is 17.7. The Hall–Kier alpha value is -2.54. The molecule has 27 heavy (non-hydrogen) atoms. The molecule has 2 aromatic carbocycles. The van der Waals surface area contributed by atoms with E-state index in [1.807, 2.05) is 42.5 Å². The molecule has 1 aliphatic rings.